The third-order valence-corrected chi connectivity index (χ3v) is 4.84. The number of benzene rings is 1. The van der Waals surface area contributed by atoms with Gasteiger partial charge in [-0.15, -0.1) is 0 Å². The lowest BCUT2D eigenvalue weighted by molar-refractivity contribution is -0.125. The highest BCUT2D eigenvalue weighted by molar-refractivity contribution is 6.01. The van der Waals surface area contributed by atoms with Crippen molar-refractivity contribution in [2.45, 2.75) is 26.3 Å². The first-order chi connectivity index (χ1) is 11.6. The molecule has 6 nitrogen and oxygen atoms in total. The predicted molar refractivity (Wildman–Crippen MR) is 88.6 cm³/mol. The van der Waals surface area contributed by atoms with Crippen LogP contribution in [-0.4, -0.2) is 52.9 Å². The Kier molecular flexibility index (Phi) is 4.81. The number of amides is 3. The number of carbonyl (C=O) groups is 2. The molecule has 0 spiro atoms. The van der Waals surface area contributed by atoms with Gasteiger partial charge in [-0.1, -0.05) is 25.1 Å². The molecule has 2 saturated heterocycles. The quantitative estimate of drug-likeness (QED) is 0.794. The van der Waals surface area contributed by atoms with Gasteiger partial charge in [0.1, 0.15) is 6.54 Å². The summed E-state index contributed by atoms with van der Waals surface area (Å²) in [6, 6.07) is 8.93. The maximum absolute atomic E-state index is 12.6. The average molecular weight is 326 g/mol. The second-order valence-corrected chi connectivity index (χ2v) is 6.67. The third kappa shape index (κ3) is 3.41. The first kappa shape index (κ1) is 16.5. The van der Waals surface area contributed by atoms with E-state index in [4.69, 9.17) is 5.26 Å². The molecule has 0 unspecified atom stereocenters. The first-order valence-electron chi connectivity index (χ1n) is 8.38. The average Bonchev–Trinajstić information content (AvgIpc) is 2.85. The summed E-state index contributed by atoms with van der Waals surface area (Å²) in [5.41, 5.74) is 1.21. The highest BCUT2D eigenvalue weighted by Gasteiger charge is 2.37. The minimum absolute atomic E-state index is 0.125. The van der Waals surface area contributed by atoms with E-state index in [9.17, 15) is 9.59 Å². The van der Waals surface area contributed by atoms with Crippen LogP contribution in [0, 0.1) is 17.2 Å². The van der Waals surface area contributed by atoms with E-state index in [0.29, 0.717) is 17.8 Å². The van der Waals surface area contributed by atoms with Crippen molar-refractivity contribution in [1.82, 2.24) is 14.7 Å². The van der Waals surface area contributed by atoms with Crippen molar-refractivity contribution in [3.05, 3.63) is 35.4 Å². The zero-order chi connectivity index (χ0) is 17.1. The van der Waals surface area contributed by atoms with Crippen LogP contribution in [0.5, 0.6) is 0 Å². The summed E-state index contributed by atoms with van der Waals surface area (Å²) in [5.74, 6) is 0.536. The van der Waals surface area contributed by atoms with Crippen LogP contribution < -0.4 is 0 Å². The third-order valence-electron chi connectivity index (χ3n) is 4.84. The summed E-state index contributed by atoms with van der Waals surface area (Å²) in [5, 5.41) is 9.16. The van der Waals surface area contributed by atoms with E-state index in [1.165, 1.54) is 4.90 Å². The number of carbonyl (C=O) groups excluding carboxylic acids is 2. The van der Waals surface area contributed by atoms with E-state index in [2.05, 4.69) is 17.9 Å². The molecule has 3 amide bonds. The summed E-state index contributed by atoms with van der Waals surface area (Å²) in [6.45, 7) is 4.98. The molecule has 0 atom stereocenters. The number of urea groups is 1. The molecule has 2 aliphatic rings. The van der Waals surface area contributed by atoms with Gasteiger partial charge in [0.25, 0.3) is 5.91 Å². The molecule has 2 heterocycles. The number of imide groups is 1. The number of likely N-dealkylation sites (tertiary alicyclic amines) is 1. The van der Waals surface area contributed by atoms with Crippen LogP contribution in [-0.2, 0) is 11.3 Å². The van der Waals surface area contributed by atoms with E-state index in [-0.39, 0.29) is 25.0 Å². The van der Waals surface area contributed by atoms with Gasteiger partial charge >= 0.3 is 6.03 Å². The van der Waals surface area contributed by atoms with E-state index in [1.807, 2.05) is 6.07 Å². The number of nitrogens with zero attached hydrogens (tertiary/aromatic N) is 4. The van der Waals surface area contributed by atoms with Crippen LogP contribution in [0.3, 0.4) is 0 Å². The van der Waals surface area contributed by atoms with E-state index < -0.39 is 0 Å². The molecule has 0 bridgehead atoms. The van der Waals surface area contributed by atoms with Crippen molar-refractivity contribution in [2.75, 3.05) is 26.3 Å². The number of hydrogen-bond acceptors (Lipinski definition) is 4. The van der Waals surface area contributed by atoms with Gasteiger partial charge in [0.2, 0.25) is 0 Å². The van der Waals surface area contributed by atoms with Gasteiger partial charge in [-0.25, -0.2) is 4.79 Å². The molecule has 126 valence electrons. The molecular weight excluding hydrogens is 304 g/mol. The summed E-state index contributed by atoms with van der Waals surface area (Å²) >= 11 is 0. The summed E-state index contributed by atoms with van der Waals surface area (Å²) in [6.07, 6.45) is 2.27. The monoisotopic (exact) mass is 326 g/mol. The lowest BCUT2D eigenvalue weighted by atomic mass is 10.00. The molecule has 0 radical (unpaired) electrons. The van der Waals surface area contributed by atoms with Crippen LogP contribution in [0.25, 0.3) is 0 Å². The highest BCUT2D eigenvalue weighted by Crippen LogP contribution is 2.20. The zero-order valence-corrected chi connectivity index (χ0v) is 13.9. The fourth-order valence-electron chi connectivity index (χ4n) is 3.24. The van der Waals surface area contributed by atoms with Crippen molar-refractivity contribution in [1.29, 1.82) is 5.26 Å². The number of rotatable bonds is 4. The van der Waals surface area contributed by atoms with Gasteiger partial charge in [-0.2, -0.15) is 5.26 Å². The molecule has 6 heteroatoms. The fraction of sp³-hybridized carbons (Fsp3) is 0.500. The molecule has 3 rings (SSSR count). The Morgan fingerprint density at radius 3 is 2.62 bits per heavy atom. The number of nitriles is 1. The lowest BCUT2D eigenvalue weighted by Crippen LogP contribution is -2.43. The van der Waals surface area contributed by atoms with E-state index in [0.717, 1.165) is 31.8 Å². The Hall–Kier alpha value is -2.39. The SMILES string of the molecule is CC1CCN(CN2CC(=O)N(Cc3ccccc3C#N)C2=O)CC1. The van der Waals surface area contributed by atoms with Crippen molar-refractivity contribution < 1.29 is 9.59 Å². The standard InChI is InChI=1S/C18H22N4O2/c1-14-6-8-20(9-7-14)13-21-12-17(23)22(18(21)24)11-16-5-3-2-4-15(16)10-19/h2-5,14H,6-9,11-13H2,1H3. The molecule has 1 aromatic rings. The number of hydrogen-bond donors (Lipinski definition) is 0. The molecule has 2 aliphatic heterocycles. The number of piperidine rings is 1. The smallest absolute Gasteiger partial charge is 0.302 e. The minimum atomic E-state index is -0.258. The largest absolute Gasteiger partial charge is 0.328 e. The van der Waals surface area contributed by atoms with Crippen LogP contribution in [0.2, 0.25) is 0 Å². The van der Waals surface area contributed by atoms with Crippen LogP contribution in [0.1, 0.15) is 30.9 Å². The maximum Gasteiger partial charge on any atom is 0.328 e. The fourth-order valence-corrected chi connectivity index (χ4v) is 3.24. The van der Waals surface area contributed by atoms with Gasteiger partial charge in [-0.3, -0.25) is 14.6 Å². The molecule has 24 heavy (non-hydrogen) atoms. The second kappa shape index (κ2) is 7.02. The van der Waals surface area contributed by atoms with E-state index >= 15 is 0 Å². The normalized spacial score (nSPS) is 19.8. The summed E-state index contributed by atoms with van der Waals surface area (Å²) < 4.78 is 0. The Balaban J connectivity index is 1.65. The van der Waals surface area contributed by atoms with E-state index in [1.54, 1.807) is 23.1 Å². The Morgan fingerprint density at radius 1 is 1.21 bits per heavy atom. The Labute approximate surface area is 142 Å². The first-order valence-corrected chi connectivity index (χ1v) is 8.38. The van der Waals surface area contributed by atoms with Crippen LogP contribution in [0.4, 0.5) is 4.79 Å². The molecule has 2 fully saturated rings. The molecular formula is C18H22N4O2. The van der Waals surface area contributed by atoms with Gasteiger partial charge in [0, 0.05) is 13.1 Å². The van der Waals surface area contributed by atoms with Gasteiger partial charge < -0.3 is 4.90 Å². The maximum atomic E-state index is 12.6. The molecule has 1 aromatic carbocycles. The highest BCUT2D eigenvalue weighted by atomic mass is 16.2. The van der Waals surface area contributed by atoms with Crippen molar-refractivity contribution >= 4 is 11.9 Å². The zero-order valence-electron chi connectivity index (χ0n) is 13.9. The predicted octanol–water partition coefficient (Wildman–Crippen LogP) is 2.01. The van der Waals surface area contributed by atoms with Gasteiger partial charge in [-0.05, 0) is 30.4 Å². The molecule has 0 aromatic heterocycles. The lowest BCUT2D eigenvalue weighted by Gasteiger charge is -2.32. The molecule has 0 saturated carbocycles. The van der Waals surface area contributed by atoms with Crippen molar-refractivity contribution in [2.24, 2.45) is 5.92 Å². The summed E-state index contributed by atoms with van der Waals surface area (Å²) in [4.78, 5) is 29.9. The molecule has 0 N–H and O–H groups in total. The van der Waals surface area contributed by atoms with Crippen molar-refractivity contribution in [3.63, 3.8) is 0 Å². The summed E-state index contributed by atoms with van der Waals surface area (Å²) in [7, 11) is 0. The van der Waals surface area contributed by atoms with Gasteiger partial charge in [0.15, 0.2) is 0 Å². The topological polar surface area (TPSA) is 67.7 Å². The van der Waals surface area contributed by atoms with Crippen LogP contribution in [0.15, 0.2) is 24.3 Å². The Bertz CT molecular complexity index is 674. The Morgan fingerprint density at radius 2 is 1.92 bits per heavy atom. The molecule has 0 aliphatic carbocycles. The second-order valence-electron chi connectivity index (χ2n) is 6.67. The van der Waals surface area contributed by atoms with Crippen molar-refractivity contribution in [3.8, 4) is 6.07 Å². The minimum Gasteiger partial charge on any atom is -0.302 e. The van der Waals surface area contributed by atoms with Crippen LogP contribution >= 0.6 is 0 Å². The van der Waals surface area contributed by atoms with Gasteiger partial charge in [0.05, 0.1) is 24.8 Å².